The Morgan fingerprint density at radius 1 is 0.340 bits per heavy atom. The summed E-state index contributed by atoms with van der Waals surface area (Å²) >= 11 is 1.83. The predicted molar refractivity (Wildman–Crippen MR) is 197 cm³/mol. The van der Waals surface area contributed by atoms with Crippen molar-refractivity contribution in [3.05, 3.63) is 164 Å². The number of hydrogen-bond donors (Lipinski definition) is 0. The fourth-order valence-electron chi connectivity index (χ4n) is 6.43. The van der Waals surface area contributed by atoms with E-state index in [0.717, 1.165) is 27.8 Å². The SMILES string of the molecule is c1ccc(-c2nc(-c3ccc(-c4ccc5ccccc5c4)cc3)nc(-c3ccccc3-c3cccc4sc5ccccc5c34)n2)cc1. The van der Waals surface area contributed by atoms with Gasteiger partial charge in [-0.1, -0.05) is 146 Å². The molecule has 3 nitrogen and oxygen atoms in total. The van der Waals surface area contributed by atoms with E-state index in [2.05, 4.69) is 146 Å². The van der Waals surface area contributed by atoms with Gasteiger partial charge in [-0.3, -0.25) is 0 Å². The molecule has 9 rings (SSSR count). The molecule has 0 aliphatic carbocycles. The first-order valence-electron chi connectivity index (χ1n) is 15.7. The molecule has 47 heavy (non-hydrogen) atoms. The van der Waals surface area contributed by atoms with Gasteiger partial charge in [0.1, 0.15) is 0 Å². The first kappa shape index (κ1) is 27.3. The van der Waals surface area contributed by atoms with Crippen molar-refractivity contribution in [2.45, 2.75) is 0 Å². The molecular formula is C43H27N3S. The van der Waals surface area contributed by atoms with Gasteiger partial charge in [0, 0.05) is 36.9 Å². The van der Waals surface area contributed by atoms with Crippen molar-refractivity contribution in [3.8, 4) is 56.4 Å². The molecule has 7 aromatic carbocycles. The molecule has 0 saturated heterocycles. The van der Waals surface area contributed by atoms with Crippen molar-refractivity contribution >= 4 is 42.3 Å². The summed E-state index contributed by atoms with van der Waals surface area (Å²) in [5.74, 6) is 1.95. The monoisotopic (exact) mass is 617 g/mol. The maximum Gasteiger partial charge on any atom is 0.164 e. The van der Waals surface area contributed by atoms with E-state index in [1.807, 2.05) is 29.5 Å². The average Bonchev–Trinajstić information content (AvgIpc) is 3.54. The number of rotatable bonds is 5. The maximum atomic E-state index is 5.14. The van der Waals surface area contributed by atoms with Crippen LogP contribution in [0.4, 0.5) is 0 Å². The third kappa shape index (κ3) is 4.96. The summed E-state index contributed by atoms with van der Waals surface area (Å²) in [5, 5.41) is 5.00. The van der Waals surface area contributed by atoms with Gasteiger partial charge in [0.15, 0.2) is 17.5 Å². The Morgan fingerprint density at radius 2 is 0.915 bits per heavy atom. The average molecular weight is 618 g/mol. The van der Waals surface area contributed by atoms with E-state index in [1.165, 1.54) is 42.1 Å². The standard InChI is InChI=1S/C43H27N3S/c1-2-12-30(13-3-1)41-44-42(31-24-21-29(22-25-31)33-26-23-28-11-4-5-14-32(28)27-33)46-43(45-41)36-16-7-6-15-34(36)35-18-10-20-39-40(35)37-17-8-9-19-38(37)47-39/h1-27H. The molecular weight excluding hydrogens is 591 g/mol. The van der Waals surface area contributed by atoms with Crippen LogP contribution in [0.1, 0.15) is 0 Å². The van der Waals surface area contributed by atoms with Gasteiger partial charge in [0.2, 0.25) is 0 Å². The molecule has 2 heterocycles. The molecule has 9 aromatic rings. The highest BCUT2D eigenvalue weighted by atomic mass is 32.1. The first-order valence-corrected chi connectivity index (χ1v) is 16.5. The molecule has 0 atom stereocenters. The molecule has 0 aliphatic rings. The lowest BCUT2D eigenvalue weighted by atomic mass is 9.95. The number of benzene rings is 7. The molecule has 0 spiro atoms. The van der Waals surface area contributed by atoms with E-state index in [4.69, 9.17) is 15.0 Å². The van der Waals surface area contributed by atoms with Gasteiger partial charge >= 0.3 is 0 Å². The molecule has 4 heteroatoms. The largest absolute Gasteiger partial charge is 0.208 e. The van der Waals surface area contributed by atoms with Crippen LogP contribution in [0.2, 0.25) is 0 Å². The zero-order valence-corrected chi connectivity index (χ0v) is 26.2. The van der Waals surface area contributed by atoms with Gasteiger partial charge in [-0.2, -0.15) is 0 Å². The smallest absolute Gasteiger partial charge is 0.164 e. The minimum absolute atomic E-state index is 0.646. The molecule has 220 valence electrons. The molecule has 0 bridgehead atoms. The van der Waals surface area contributed by atoms with Gasteiger partial charge in [0.05, 0.1) is 0 Å². The number of fused-ring (bicyclic) bond motifs is 4. The first-order chi connectivity index (χ1) is 23.3. The highest BCUT2D eigenvalue weighted by Crippen LogP contribution is 2.42. The van der Waals surface area contributed by atoms with Crippen LogP contribution in [0.5, 0.6) is 0 Å². The second kappa shape index (κ2) is 11.4. The highest BCUT2D eigenvalue weighted by molar-refractivity contribution is 7.25. The van der Waals surface area contributed by atoms with Crippen LogP contribution in [-0.4, -0.2) is 15.0 Å². The summed E-state index contributed by atoms with van der Waals surface area (Å²) in [5.41, 5.74) is 7.48. The fourth-order valence-corrected chi connectivity index (χ4v) is 7.57. The Morgan fingerprint density at radius 3 is 1.74 bits per heavy atom. The van der Waals surface area contributed by atoms with E-state index in [9.17, 15) is 0 Å². The molecule has 0 amide bonds. The van der Waals surface area contributed by atoms with Crippen LogP contribution in [0.3, 0.4) is 0 Å². The van der Waals surface area contributed by atoms with Crippen molar-refractivity contribution in [2.24, 2.45) is 0 Å². The summed E-state index contributed by atoms with van der Waals surface area (Å²) in [6.45, 7) is 0. The molecule has 0 radical (unpaired) electrons. The molecule has 0 N–H and O–H groups in total. The molecule has 0 saturated carbocycles. The Balaban J connectivity index is 1.19. The van der Waals surface area contributed by atoms with E-state index in [0.29, 0.717) is 17.5 Å². The summed E-state index contributed by atoms with van der Waals surface area (Å²) < 4.78 is 2.56. The van der Waals surface area contributed by atoms with Gasteiger partial charge in [0.25, 0.3) is 0 Å². The quantitative estimate of drug-likeness (QED) is 0.193. The van der Waals surface area contributed by atoms with E-state index in [1.54, 1.807) is 0 Å². The van der Waals surface area contributed by atoms with Crippen LogP contribution >= 0.6 is 11.3 Å². The Labute approximate surface area is 276 Å². The molecule has 0 unspecified atom stereocenters. The normalized spacial score (nSPS) is 11.4. The topological polar surface area (TPSA) is 38.7 Å². The van der Waals surface area contributed by atoms with Crippen LogP contribution in [0, 0.1) is 0 Å². The van der Waals surface area contributed by atoms with Crippen molar-refractivity contribution in [2.75, 3.05) is 0 Å². The number of thiophene rings is 1. The zero-order chi connectivity index (χ0) is 31.2. The van der Waals surface area contributed by atoms with Crippen LogP contribution in [0.25, 0.3) is 87.4 Å². The second-order valence-electron chi connectivity index (χ2n) is 11.6. The second-order valence-corrected chi connectivity index (χ2v) is 12.7. The number of aromatic nitrogens is 3. The van der Waals surface area contributed by atoms with E-state index < -0.39 is 0 Å². The Hall–Kier alpha value is -5.97. The van der Waals surface area contributed by atoms with E-state index >= 15 is 0 Å². The van der Waals surface area contributed by atoms with Crippen molar-refractivity contribution < 1.29 is 0 Å². The van der Waals surface area contributed by atoms with Crippen molar-refractivity contribution in [3.63, 3.8) is 0 Å². The highest BCUT2D eigenvalue weighted by Gasteiger charge is 2.18. The van der Waals surface area contributed by atoms with Gasteiger partial charge < -0.3 is 0 Å². The summed E-state index contributed by atoms with van der Waals surface area (Å²) in [7, 11) is 0. The third-order valence-corrected chi connectivity index (χ3v) is 9.89. The lowest BCUT2D eigenvalue weighted by Gasteiger charge is -2.13. The molecule has 2 aromatic heterocycles. The minimum Gasteiger partial charge on any atom is -0.208 e. The van der Waals surface area contributed by atoms with Crippen LogP contribution in [0.15, 0.2) is 164 Å². The van der Waals surface area contributed by atoms with Crippen LogP contribution < -0.4 is 0 Å². The lowest BCUT2D eigenvalue weighted by molar-refractivity contribution is 1.07. The fraction of sp³-hybridized carbons (Fsp3) is 0. The van der Waals surface area contributed by atoms with Crippen LogP contribution in [-0.2, 0) is 0 Å². The molecule has 0 fully saturated rings. The summed E-state index contributed by atoms with van der Waals surface area (Å²) in [6, 6.07) is 57.4. The summed E-state index contributed by atoms with van der Waals surface area (Å²) in [6.07, 6.45) is 0. The lowest BCUT2D eigenvalue weighted by Crippen LogP contribution is -2.01. The van der Waals surface area contributed by atoms with Crippen molar-refractivity contribution in [1.82, 2.24) is 15.0 Å². The zero-order valence-electron chi connectivity index (χ0n) is 25.3. The maximum absolute atomic E-state index is 5.14. The van der Waals surface area contributed by atoms with Gasteiger partial charge in [-0.05, 0) is 51.2 Å². The number of nitrogens with zero attached hydrogens (tertiary/aromatic N) is 3. The third-order valence-electron chi connectivity index (χ3n) is 8.75. The van der Waals surface area contributed by atoms with Gasteiger partial charge in [-0.15, -0.1) is 11.3 Å². The summed E-state index contributed by atoms with van der Waals surface area (Å²) in [4.78, 5) is 15.2. The molecule has 0 aliphatic heterocycles. The van der Waals surface area contributed by atoms with Gasteiger partial charge in [-0.25, -0.2) is 15.0 Å². The predicted octanol–water partition coefficient (Wildman–Crippen LogP) is 11.7. The number of hydrogen-bond acceptors (Lipinski definition) is 4. The van der Waals surface area contributed by atoms with Crippen molar-refractivity contribution in [1.29, 1.82) is 0 Å². The Kier molecular flexibility index (Phi) is 6.65. The minimum atomic E-state index is 0.646. The Bertz CT molecular complexity index is 2570. The van der Waals surface area contributed by atoms with E-state index in [-0.39, 0.29) is 0 Å².